The van der Waals surface area contributed by atoms with Crippen molar-refractivity contribution < 1.29 is 4.79 Å². The lowest BCUT2D eigenvalue weighted by Gasteiger charge is -2.37. The first-order valence-corrected chi connectivity index (χ1v) is 11.5. The first-order chi connectivity index (χ1) is 11.3. The Hall–Kier alpha value is -1.43. The highest BCUT2D eigenvalue weighted by Crippen LogP contribution is 2.40. The lowest BCUT2D eigenvalue weighted by atomic mass is 10.2. The van der Waals surface area contributed by atoms with Gasteiger partial charge in [-0.1, -0.05) is 60.3 Å². The molecule has 2 heteroatoms. The van der Waals surface area contributed by atoms with E-state index in [1.54, 1.807) is 0 Å². The number of hydrogen-bond donors (Lipinski definition) is 0. The summed E-state index contributed by atoms with van der Waals surface area (Å²) in [6.45, 7) is 15.6. The minimum atomic E-state index is -1.79. The average Bonchev–Trinajstić information content (AvgIpc) is 2.49. The van der Waals surface area contributed by atoms with E-state index in [1.165, 1.54) is 0 Å². The maximum absolute atomic E-state index is 12.1. The van der Waals surface area contributed by atoms with Crippen LogP contribution in [0.2, 0.25) is 16.6 Å². The Morgan fingerprint density at radius 2 is 1.42 bits per heavy atom. The van der Waals surface area contributed by atoms with Gasteiger partial charge < -0.3 is 0 Å². The van der Waals surface area contributed by atoms with Crippen LogP contribution in [0.4, 0.5) is 0 Å². The van der Waals surface area contributed by atoms with Crippen LogP contribution in [0, 0.1) is 35.1 Å². The molecule has 0 aromatic rings. The van der Waals surface area contributed by atoms with Gasteiger partial charge in [0.25, 0.3) is 0 Å². The number of rotatable bonds is 6. The van der Waals surface area contributed by atoms with Crippen molar-refractivity contribution in [1.82, 2.24) is 0 Å². The molecule has 0 N–H and O–H groups in total. The van der Waals surface area contributed by atoms with Crippen LogP contribution in [0.5, 0.6) is 0 Å². The van der Waals surface area contributed by atoms with Crippen molar-refractivity contribution in [3.63, 3.8) is 0 Å². The summed E-state index contributed by atoms with van der Waals surface area (Å²) in [5.41, 5.74) is 5.18. The molecule has 0 bridgehead atoms. The average molecular weight is 343 g/mol. The number of ketones is 1. The van der Waals surface area contributed by atoms with Crippen molar-refractivity contribution >= 4 is 13.9 Å². The topological polar surface area (TPSA) is 17.1 Å². The van der Waals surface area contributed by atoms with Gasteiger partial charge in [0.05, 0.1) is 6.42 Å². The molecule has 0 aromatic heterocycles. The zero-order chi connectivity index (χ0) is 18.6. The van der Waals surface area contributed by atoms with E-state index in [0.717, 1.165) is 19.3 Å². The molecule has 0 amide bonds. The third kappa shape index (κ3) is 7.42. The van der Waals surface area contributed by atoms with Gasteiger partial charge >= 0.3 is 0 Å². The number of Topliss-reactive ketones (excluding diaryl/α,β-unsaturated/α-hetero) is 1. The molecule has 0 unspecified atom stereocenters. The van der Waals surface area contributed by atoms with Crippen LogP contribution in [-0.4, -0.2) is 13.9 Å². The zero-order valence-corrected chi connectivity index (χ0v) is 17.7. The summed E-state index contributed by atoms with van der Waals surface area (Å²) in [5.74, 6) is 15.2. The standard InChI is InChI=1S/C22H34OSi/c1-8-9-10-11-12-13-14-15-16-22(23)17-18-24(19(2)3,20(4)5)21(6)7/h19-21H,8,11,14-16H2,1-7H3. The molecule has 0 aromatic carbocycles. The third-order valence-corrected chi connectivity index (χ3v) is 10.9. The molecule has 0 rings (SSSR count). The minimum Gasteiger partial charge on any atom is -0.285 e. The Kier molecular flexibility index (Phi) is 11.3. The van der Waals surface area contributed by atoms with Gasteiger partial charge in [-0.2, -0.15) is 0 Å². The predicted molar refractivity (Wildman–Crippen MR) is 108 cm³/mol. The Labute approximate surface area is 151 Å². The summed E-state index contributed by atoms with van der Waals surface area (Å²) in [4.78, 5) is 12.1. The van der Waals surface area contributed by atoms with Crippen LogP contribution in [0.1, 0.15) is 80.6 Å². The van der Waals surface area contributed by atoms with E-state index >= 15 is 0 Å². The maximum Gasteiger partial charge on any atom is 0.204 e. The quantitative estimate of drug-likeness (QED) is 0.341. The molecule has 0 saturated carbocycles. The Bertz CT molecular complexity index is 543. The van der Waals surface area contributed by atoms with Crippen LogP contribution in [0.3, 0.4) is 0 Å². The summed E-state index contributed by atoms with van der Waals surface area (Å²) in [5, 5.41) is 0. The van der Waals surface area contributed by atoms with E-state index < -0.39 is 8.07 Å². The summed E-state index contributed by atoms with van der Waals surface area (Å²) < 4.78 is 0. The summed E-state index contributed by atoms with van der Waals surface area (Å²) >= 11 is 0. The molecule has 0 aliphatic rings. The second-order valence-electron chi connectivity index (χ2n) is 7.16. The van der Waals surface area contributed by atoms with Crippen molar-refractivity contribution in [2.24, 2.45) is 0 Å². The minimum absolute atomic E-state index is 0.0707. The molecule has 132 valence electrons. The van der Waals surface area contributed by atoms with Gasteiger partial charge in [0.2, 0.25) is 5.78 Å². The molecular formula is C22H34OSi. The summed E-state index contributed by atoms with van der Waals surface area (Å²) in [7, 11) is -1.79. The normalized spacial score (nSPS) is 10.6. The largest absolute Gasteiger partial charge is 0.285 e. The first-order valence-electron chi connectivity index (χ1n) is 9.26. The van der Waals surface area contributed by atoms with E-state index in [4.69, 9.17) is 0 Å². The molecule has 0 atom stereocenters. The molecular weight excluding hydrogens is 308 g/mol. The fraction of sp³-hybridized carbons (Fsp3) is 0.682. The van der Waals surface area contributed by atoms with E-state index in [0.29, 0.717) is 29.5 Å². The number of carbonyl (C=O) groups excluding carboxylic acids is 1. The van der Waals surface area contributed by atoms with Crippen LogP contribution < -0.4 is 0 Å². The van der Waals surface area contributed by atoms with E-state index in [9.17, 15) is 4.79 Å². The van der Waals surface area contributed by atoms with E-state index in [2.05, 4.69) is 76.7 Å². The highest BCUT2D eigenvalue weighted by atomic mass is 28.3. The van der Waals surface area contributed by atoms with Crippen molar-refractivity contribution in [3.8, 4) is 35.1 Å². The van der Waals surface area contributed by atoms with Crippen molar-refractivity contribution in [1.29, 1.82) is 0 Å². The van der Waals surface area contributed by atoms with Gasteiger partial charge in [0, 0.05) is 19.3 Å². The fourth-order valence-electron chi connectivity index (χ4n) is 3.39. The summed E-state index contributed by atoms with van der Waals surface area (Å²) in [6.07, 6.45) is 3.57. The van der Waals surface area contributed by atoms with Gasteiger partial charge in [0.15, 0.2) is 0 Å². The van der Waals surface area contributed by atoms with Crippen LogP contribution >= 0.6 is 0 Å². The Balaban J connectivity index is 4.63. The van der Waals surface area contributed by atoms with Gasteiger partial charge in [-0.25, -0.2) is 0 Å². The number of carbonyl (C=O) groups is 1. The molecule has 1 nitrogen and oxygen atoms in total. The molecule has 0 spiro atoms. The molecule has 24 heavy (non-hydrogen) atoms. The van der Waals surface area contributed by atoms with Crippen molar-refractivity contribution in [2.45, 2.75) is 97.2 Å². The Morgan fingerprint density at radius 1 is 0.875 bits per heavy atom. The van der Waals surface area contributed by atoms with Crippen LogP contribution in [0.15, 0.2) is 0 Å². The van der Waals surface area contributed by atoms with Gasteiger partial charge in [0.1, 0.15) is 8.07 Å². The van der Waals surface area contributed by atoms with Crippen molar-refractivity contribution in [3.05, 3.63) is 0 Å². The molecule has 0 radical (unpaired) electrons. The molecule has 0 fully saturated rings. The Morgan fingerprint density at radius 3 is 1.92 bits per heavy atom. The molecule has 0 heterocycles. The van der Waals surface area contributed by atoms with Gasteiger partial charge in [-0.15, -0.1) is 17.4 Å². The van der Waals surface area contributed by atoms with Gasteiger partial charge in [-0.05, 0) is 29.0 Å². The van der Waals surface area contributed by atoms with Crippen molar-refractivity contribution in [2.75, 3.05) is 0 Å². The van der Waals surface area contributed by atoms with E-state index in [1.807, 2.05) is 6.92 Å². The first kappa shape index (κ1) is 22.6. The lowest BCUT2D eigenvalue weighted by molar-refractivity contribution is -0.113. The molecule has 0 aliphatic carbocycles. The monoisotopic (exact) mass is 342 g/mol. The third-order valence-electron chi connectivity index (χ3n) is 4.59. The fourth-order valence-corrected chi connectivity index (χ4v) is 8.62. The highest BCUT2D eigenvalue weighted by molar-refractivity contribution is 6.90. The van der Waals surface area contributed by atoms with Gasteiger partial charge in [-0.3, -0.25) is 4.79 Å². The number of unbranched alkanes of at least 4 members (excludes halogenated alkanes) is 1. The zero-order valence-electron chi connectivity index (χ0n) is 16.7. The second-order valence-corrected chi connectivity index (χ2v) is 12.7. The number of hydrogen-bond acceptors (Lipinski definition) is 1. The molecule has 0 saturated heterocycles. The smallest absolute Gasteiger partial charge is 0.204 e. The SMILES string of the molecule is CCC#CCC#CCCCC(=O)C#C[Si](C(C)C)(C(C)C)C(C)C. The van der Waals surface area contributed by atoms with E-state index in [-0.39, 0.29) is 5.78 Å². The highest BCUT2D eigenvalue weighted by Gasteiger charge is 2.41. The summed E-state index contributed by atoms with van der Waals surface area (Å²) in [6, 6.07) is 0. The van der Waals surface area contributed by atoms with Crippen LogP contribution in [-0.2, 0) is 4.79 Å². The van der Waals surface area contributed by atoms with Crippen LogP contribution in [0.25, 0.3) is 0 Å². The molecule has 0 aliphatic heterocycles. The maximum atomic E-state index is 12.1. The predicted octanol–water partition coefficient (Wildman–Crippen LogP) is 5.75. The lowest BCUT2D eigenvalue weighted by Crippen LogP contribution is -2.43. The second kappa shape index (κ2) is 12.0.